The fourth-order valence-corrected chi connectivity index (χ4v) is 3.21. The summed E-state index contributed by atoms with van der Waals surface area (Å²) < 4.78 is 6.08. The molecular weight excluding hydrogens is 308 g/mol. The van der Waals surface area contributed by atoms with Gasteiger partial charge in [-0.15, -0.1) is 0 Å². The summed E-state index contributed by atoms with van der Waals surface area (Å²) in [5.74, 6) is 0.829. The van der Waals surface area contributed by atoms with Gasteiger partial charge >= 0.3 is 0 Å². The molecule has 1 aromatic heterocycles. The molecular formula is C17H22N2O3Si. The highest BCUT2D eigenvalue weighted by Gasteiger charge is 2.25. The molecule has 6 heteroatoms. The summed E-state index contributed by atoms with van der Waals surface area (Å²) >= 11 is 0. The van der Waals surface area contributed by atoms with E-state index in [1.165, 1.54) is 6.07 Å². The Morgan fingerprint density at radius 1 is 1.22 bits per heavy atom. The van der Waals surface area contributed by atoms with Crippen molar-refractivity contribution in [3.05, 3.63) is 52.2 Å². The minimum atomic E-state index is -1.27. The van der Waals surface area contributed by atoms with Crippen molar-refractivity contribution in [2.75, 3.05) is 0 Å². The van der Waals surface area contributed by atoms with Gasteiger partial charge in [0.25, 0.3) is 5.69 Å². The minimum Gasteiger partial charge on any atom is -0.547 e. The van der Waals surface area contributed by atoms with Crippen LogP contribution in [0.25, 0.3) is 11.3 Å². The van der Waals surface area contributed by atoms with E-state index in [4.69, 9.17) is 4.43 Å². The van der Waals surface area contributed by atoms with Gasteiger partial charge in [0.2, 0.25) is 9.04 Å². The number of rotatable bonds is 4. The third-order valence-corrected chi connectivity index (χ3v) is 4.08. The second-order valence-electron chi connectivity index (χ2n) is 6.76. The molecule has 1 aromatic carbocycles. The van der Waals surface area contributed by atoms with Gasteiger partial charge in [0.15, 0.2) is 0 Å². The topological polar surface area (TPSA) is 65.3 Å². The van der Waals surface area contributed by atoms with Crippen molar-refractivity contribution in [1.29, 1.82) is 0 Å². The van der Waals surface area contributed by atoms with E-state index in [1.54, 1.807) is 18.3 Å². The molecule has 5 nitrogen and oxygen atoms in total. The molecule has 2 aromatic rings. The van der Waals surface area contributed by atoms with Crippen molar-refractivity contribution >= 4 is 14.7 Å². The van der Waals surface area contributed by atoms with Gasteiger partial charge in [-0.25, -0.2) is 0 Å². The lowest BCUT2D eigenvalue weighted by Gasteiger charge is -2.26. The highest BCUT2D eigenvalue weighted by Crippen LogP contribution is 2.39. The Morgan fingerprint density at radius 3 is 2.48 bits per heavy atom. The first-order valence-electron chi connectivity index (χ1n) is 7.61. The molecule has 0 amide bonds. The van der Waals surface area contributed by atoms with Crippen LogP contribution < -0.4 is 4.43 Å². The van der Waals surface area contributed by atoms with Crippen LogP contribution in [0.5, 0.6) is 5.75 Å². The molecule has 0 spiro atoms. The number of nitro benzene ring substituents is 1. The highest BCUT2D eigenvalue weighted by molar-refractivity contribution is 6.49. The van der Waals surface area contributed by atoms with Crippen molar-refractivity contribution in [3.8, 4) is 17.0 Å². The molecule has 0 N–H and O–H groups in total. The Morgan fingerprint density at radius 2 is 1.91 bits per heavy atom. The SMILES string of the molecule is C[SiH](C)Oc1ccnc(-c2cccc([N+](=O)[O-])c2)c1C(C)(C)C. The second kappa shape index (κ2) is 6.50. The van der Waals surface area contributed by atoms with E-state index in [2.05, 4.69) is 38.8 Å². The molecule has 0 radical (unpaired) electrons. The summed E-state index contributed by atoms with van der Waals surface area (Å²) in [5.41, 5.74) is 2.34. The highest BCUT2D eigenvalue weighted by atomic mass is 28.3. The Bertz CT molecular complexity index is 724. The largest absolute Gasteiger partial charge is 0.547 e. The lowest BCUT2D eigenvalue weighted by Crippen LogP contribution is -2.19. The molecule has 0 unspecified atom stereocenters. The van der Waals surface area contributed by atoms with Gasteiger partial charge in [-0.3, -0.25) is 15.1 Å². The number of nitrogens with zero attached hydrogens (tertiary/aromatic N) is 2. The van der Waals surface area contributed by atoms with Crippen LogP contribution in [0, 0.1) is 10.1 Å². The molecule has 2 rings (SSSR count). The van der Waals surface area contributed by atoms with Crippen molar-refractivity contribution in [2.24, 2.45) is 0 Å². The van der Waals surface area contributed by atoms with E-state index >= 15 is 0 Å². The maximum Gasteiger partial charge on any atom is 0.270 e. The Balaban J connectivity index is 2.67. The molecule has 0 saturated carbocycles. The van der Waals surface area contributed by atoms with Crippen molar-refractivity contribution < 1.29 is 9.35 Å². The van der Waals surface area contributed by atoms with Gasteiger partial charge in [-0.2, -0.15) is 0 Å². The summed E-state index contributed by atoms with van der Waals surface area (Å²) in [5, 5.41) is 11.0. The van der Waals surface area contributed by atoms with Gasteiger partial charge in [0.05, 0.1) is 10.6 Å². The van der Waals surface area contributed by atoms with E-state index < -0.39 is 9.04 Å². The third-order valence-electron chi connectivity index (χ3n) is 3.36. The Hall–Kier alpha value is -2.21. The summed E-state index contributed by atoms with van der Waals surface area (Å²) in [6.45, 7) is 10.5. The quantitative estimate of drug-likeness (QED) is 0.476. The van der Waals surface area contributed by atoms with Crippen LogP contribution in [0.2, 0.25) is 13.1 Å². The number of benzene rings is 1. The summed E-state index contributed by atoms with van der Waals surface area (Å²) in [7, 11) is -1.27. The van der Waals surface area contributed by atoms with Crippen LogP contribution in [0.3, 0.4) is 0 Å². The fraction of sp³-hybridized carbons (Fsp3) is 0.353. The first kappa shape index (κ1) is 17.1. The van der Waals surface area contributed by atoms with E-state index in [1.807, 2.05) is 12.1 Å². The van der Waals surface area contributed by atoms with Crippen molar-refractivity contribution in [1.82, 2.24) is 4.98 Å². The normalized spacial score (nSPS) is 11.6. The average molecular weight is 330 g/mol. The van der Waals surface area contributed by atoms with Crippen LogP contribution >= 0.6 is 0 Å². The van der Waals surface area contributed by atoms with E-state index in [-0.39, 0.29) is 16.0 Å². The average Bonchev–Trinajstić information content (AvgIpc) is 2.45. The number of hydrogen-bond donors (Lipinski definition) is 0. The van der Waals surface area contributed by atoms with E-state index in [0.29, 0.717) is 0 Å². The fourth-order valence-electron chi connectivity index (χ4n) is 2.51. The first-order valence-corrected chi connectivity index (χ1v) is 10.4. The second-order valence-corrected chi connectivity index (χ2v) is 9.09. The lowest BCUT2D eigenvalue weighted by molar-refractivity contribution is -0.384. The minimum absolute atomic E-state index is 0.0636. The van der Waals surface area contributed by atoms with Gasteiger partial charge in [0, 0.05) is 29.5 Å². The molecule has 0 bridgehead atoms. The Kier molecular flexibility index (Phi) is 4.84. The zero-order valence-corrected chi connectivity index (χ0v) is 15.3. The number of non-ortho nitro benzene ring substituents is 1. The molecule has 23 heavy (non-hydrogen) atoms. The maximum absolute atomic E-state index is 11.0. The molecule has 0 saturated heterocycles. The van der Waals surface area contributed by atoms with Crippen LogP contribution in [-0.4, -0.2) is 18.9 Å². The van der Waals surface area contributed by atoms with Crippen LogP contribution in [-0.2, 0) is 5.41 Å². The van der Waals surface area contributed by atoms with Crippen molar-refractivity contribution in [3.63, 3.8) is 0 Å². The van der Waals surface area contributed by atoms with Gasteiger partial charge in [-0.1, -0.05) is 32.9 Å². The third kappa shape index (κ3) is 3.95. The summed E-state index contributed by atoms with van der Waals surface area (Å²) in [6.07, 6.45) is 1.70. The number of pyridine rings is 1. The zero-order valence-electron chi connectivity index (χ0n) is 14.2. The Labute approximate surface area is 138 Å². The van der Waals surface area contributed by atoms with Gasteiger partial charge in [-0.05, 0) is 24.6 Å². The number of hydrogen-bond acceptors (Lipinski definition) is 4. The van der Waals surface area contributed by atoms with Crippen LogP contribution in [0.1, 0.15) is 26.3 Å². The van der Waals surface area contributed by atoms with Crippen LogP contribution in [0.15, 0.2) is 36.5 Å². The van der Waals surface area contributed by atoms with Gasteiger partial charge in [0.1, 0.15) is 5.75 Å². The lowest BCUT2D eigenvalue weighted by atomic mass is 9.83. The molecule has 1 heterocycles. The molecule has 0 aliphatic carbocycles. The molecule has 0 aliphatic rings. The van der Waals surface area contributed by atoms with Crippen LogP contribution in [0.4, 0.5) is 5.69 Å². The predicted octanol–water partition coefficient (Wildman–Crippen LogP) is 4.32. The van der Waals surface area contributed by atoms with Gasteiger partial charge < -0.3 is 4.43 Å². The maximum atomic E-state index is 11.0. The molecule has 0 fully saturated rings. The van der Waals surface area contributed by atoms with E-state index in [9.17, 15) is 10.1 Å². The number of nitro groups is 1. The molecule has 0 atom stereocenters. The predicted molar refractivity (Wildman–Crippen MR) is 94.5 cm³/mol. The van der Waals surface area contributed by atoms with Crippen molar-refractivity contribution in [2.45, 2.75) is 39.3 Å². The first-order chi connectivity index (χ1) is 10.7. The molecule has 122 valence electrons. The van der Waals surface area contributed by atoms with E-state index in [0.717, 1.165) is 22.6 Å². The smallest absolute Gasteiger partial charge is 0.270 e. The summed E-state index contributed by atoms with van der Waals surface area (Å²) in [6, 6.07) is 8.47. The zero-order chi connectivity index (χ0) is 17.2. The molecule has 0 aliphatic heterocycles. The monoisotopic (exact) mass is 330 g/mol. The number of aromatic nitrogens is 1. The summed E-state index contributed by atoms with van der Waals surface area (Å²) in [4.78, 5) is 15.2. The standard InChI is InChI=1S/C17H22N2O3Si/c1-17(2,3)15-14(22-23(4)5)9-10-18-16(15)12-7-6-8-13(11-12)19(20)21/h6-11,23H,1-5H3.